The lowest BCUT2D eigenvalue weighted by Gasteiger charge is -2.38. The summed E-state index contributed by atoms with van der Waals surface area (Å²) in [6, 6.07) is 3.85. The highest BCUT2D eigenvalue weighted by Gasteiger charge is 2.39. The van der Waals surface area contributed by atoms with Gasteiger partial charge >= 0.3 is 11.9 Å². The van der Waals surface area contributed by atoms with Gasteiger partial charge in [-0.3, -0.25) is 14.9 Å². The number of nitrogens with zero attached hydrogens (tertiary/aromatic N) is 2. The number of carbonyl (C=O) groups excluding carboxylic acids is 2. The largest absolute Gasteiger partial charge is 0.469 e. The molecule has 1 aliphatic heterocycles. The van der Waals surface area contributed by atoms with E-state index in [1.807, 2.05) is 0 Å². The van der Waals surface area contributed by atoms with Gasteiger partial charge in [-0.25, -0.2) is 4.79 Å². The zero-order valence-corrected chi connectivity index (χ0v) is 14.8. The topological polar surface area (TPSA) is 99.0 Å². The number of esters is 2. The number of halogens is 1. The molecule has 0 aromatic heterocycles. The van der Waals surface area contributed by atoms with Crippen molar-refractivity contribution >= 4 is 39.2 Å². The average Bonchev–Trinajstić information content (AvgIpc) is 2.59. The summed E-state index contributed by atoms with van der Waals surface area (Å²) < 4.78 is 10.1. The number of nitro groups is 1. The van der Waals surface area contributed by atoms with Gasteiger partial charge in [0.25, 0.3) is 5.69 Å². The minimum Gasteiger partial charge on any atom is -0.469 e. The molecule has 0 radical (unpaired) electrons. The van der Waals surface area contributed by atoms with Crippen LogP contribution < -0.4 is 4.90 Å². The Kier molecular flexibility index (Phi) is 5.76. The third-order valence-electron chi connectivity index (χ3n) is 4.05. The van der Waals surface area contributed by atoms with E-state index in [4.69, 9.17) is 9.47 Å². The third-order valence-corrected chi connectivity index (χ3v) is 4.55. The summed E-state index contributed by atoms with van der Waals surface area (Å²) >= 11 is 3.21. The van der Waals surface area contributed by atoms with Gasteiger partial charge in [-0.1, -0.05) is 15.9 Å². The molecule has 1 aromatic carbocycles. The van der Waals surface area contributed by atoms with Crippen LogP contribution in [0.3, 0.4) is 0 Å². The highest BCUT2D eigenvalue weighted by molar-refractivity contribution is 9.10. The average molecular weight is 401 g/mol. The van der Waals surface area contributed by atoms with Gasteiger partial charge in [0, 0.05) is 17.1 Å². The molecule has 9 heteroatoms. The first-order chi connectivity index (χ1) is 11.4. The second-order valence-corrected chi connectivity index (χ2v) is 6.28. The minimum absolute atomic E-state index is 0.116. The summed E-state index contributed by atoms with van der Waals surface area (Å²) in [5.41, 5.74) is 0.205. The molecule has 0 saturated carbocycles. The van der Waals surface area contributed by atoms with Crippen molar-refractivity contribution in [2.24, 2.45) is 5.92 Å². The van der Waals surface area contributed by atoms with Gasteiger partial charge in [0.05, 0.1) is 25.1 Å². The molecule has 0 bridgehead atoms. The molecule has 2 atom stereocenters. The van der Waals surface area contributed by atoms with Crippen molar-refractivity contribution in [3.8, 4) is 0 Å². The van der Waals surface area contributed by atoms with Crippen molar-refractivity contribution in [1.82, 2.24) is 0 Å². The third kappa shape index (κ3) is 3.66. The molecule has 0 spiro atoms. The van der Waals surface area contributed by atoms with E-state index in [9.17, 15) is 19.7 Å². The number of methoxy groups -OCH3 is 2. The fraction of sp³-hybridized carbons (Fsp3) is 0.467. The molecule has 0 N–H and O–H groups in total. The van der Waals surface area contributed by atoms with E-state index >= 15 is 0 Å². The molecular formula is C15H17BrN2O6. The predicted molar refractivity (Wildman–Crippen MR) is 88.7 cm³/mol. The van der Waals surface area contributed by atoms with Gasteiger partial charge in [-0.15, -0.1) is 0 Å². The standard InChI is InChI=1S/C15H17BrN2O6/c1-23-14(19)9-5-6-17(13(7-9)15(20)24-2)11-4-3-10(16)8-12(11)18(21)22/h3-4,8-9,13H,5-7H2,1-2H3/t9-,13-/m1/s1. The molecule has 0 unspecified atom stereocenters. The normalized spacial score (nSPS) is 20.4. The van der Waals surface area contributed by atoms with Crippen molar-refractivity contribution in [2.75, 3.05) is 25.7 Å². The molecule has 8 nitrogen and oxygen atoms in total. The SMILES string of the molecule is COC(=O)[C@@H]1CCN(c2ccc(Br)cc2[N+](=O)[O-])[C@@H](C(=O)OC)C1. The molecule has 24 heavy (non-hydrogen) atoms. The van der Waals surface area contributed by atoms with Crippen LogP contribution in [0.1, 0.15) is 12.8 Å². The number of carbonyl (C=O) groups is 2. The van der Waals surface area contributed by atoms with E-state index in [2.05, 4.69) is 15.9 Å². The first-order valence-corrected chi connectivity index (χ1v) is 8.04. The van der Waals surface area contributed by atoms with E-state index < -0.39 is 28.8 Å². The van der Waals surface area contributed by atoms with Gasteiger partial charge in [-0.05, 0) is 25.0 Å². The maximum Gasteiger partial charge on any atom is 0.328 e. The Labute approximate surface area is 147 Å². The maximum absolute atomic E-state index is 12.2. The van der Waals surface area contributed by atoms with Crippen molar-refractivity contribution in [2.45, 2.75) is 18.9 Å². The van der Waals surface area contributed by atoms with Crippen LogP contribution in [0.5, 0.6) is 0 Å². The number of nitro benzene ring substituents is 1. The van der Waals surface area contributed by atoms with E-state index in [1.165, 1.54) is 20.3 Å². The van der Waals surface area contributed by atoms with Crippen LogP contribution in [-0.2, 0) is 19.1 Å². The first kappa shape index (κ1) is 18.2. The van der Waals surface area contributed by atoms with Crippen LogP contribution in [-0.4, -0.2) is 43.7 Å². The van der Waals surface area contributed by atoms with Crippen LogP contribution in [0.15, 0.2) is 22.7 Å². The highest BCUT2D eigenvalue weighted by atomic mass is 79.9. The lowest BCUT2D eigenvalue weighted by Crippen LogP contribution is -2.49. The number of anilines is 1. The fourth-order valence-electron chi connectivity index (χ4n) is 2.88. The number of ether oxygens (including phenoxy) is 2. The molecule has 1 aromatic rings. The molecule has 0 aliphatic carbocycles. The number of piperidine rings is 1. The van der Waals surface area contributed by atoms with Crippen LogP contribution in [0, 0.1) is 16.0 Å². The summed E-state index contributed by atoms with van der Waals surface area (Å²) in [6.45, 7) is 0.308. The van der Waals surface area contributed by atoms with Gasteiger partial charge in [0.1, 0.15) is 11.7 Å². The molecular weight excluding hydrogens is 384 g/mol. The number of hydrogen-bond donors (Lipinski definition) is 0. The Morgan fingerprint density at radius 1 is 1.29 bits per heavy atom. The molecule has 1 fully saturated rings. The number of rotatable bonds is 4. The zero-order valence-electron chi connectivity index (χ0n) is 13.2. The van der Waals surface area contributed by atoms with Crippen LogP contribution >= 0.6 is 15.9 Å². The lowest BCUT2D eigenvalue weighted by molar-refractivity contribution is -0.384. The Bertz CT molecular complexity index is 665. The summed E-state index contributed by atoms with van der Waals surface area (Å²) in [5, 5.41) is 11.3. The Hall–Kier alpha value is -2.16. The zero-order chi connectivity index (χ0) is 17.9. The van der Waals surface area contributed by atoms with Crippen LogP contribution in [0.2, 0.25) is 0 Å². The van der Waals surface area contributed by atoms with Crippen molar-refractivity contribution in [3.63, 3.8) is 0 Å². The van der Waals surface area contributed by atoms with E-state index in [-0.39, 0.29) is 12.1 Å². The molecule has 130 valence electrons. The fourth-order valence-corrected chi connectivity index (χ4v) is 3.23. The van der Waals surface area contributed by atoms with E-state index in [1.54, 1.807) is 17.0 Å². The van der Waals surface area contributed by atoms with Crippen molar-refractivity contribution in [3.05, 3.63) is 32.8 Å². The Morgan fingerprint density at radius 3 is 2.54 bits per heavy atom. The quantitative estimate of drug-likeness (QED) is 0.434. The van der Waals surface area contributed by atoms with Crippen LogP contribution in [0.4, 0.5) is 11.4 Å². The second kappa shape index (κ2) is 7.61. The maximum atomic E-state index is 12.2. The Morgan fingerprint density at radius 2 is 1.96 bits per heavy atom. The van der Waals surface area contributed by atoms with Gasteiger partial charge in [-0.2, -0.15) is 0 Å². The van der Waals surface area contributed by atoms with E-state index in [0.29, 0.717) is 23.1 Å². The van der Waals surface area contributed by atoms with E-state index in [0.717, 1.165) is 0 Å². The number of benzene rings is 1. The minimum atomic E-state index is -0.785. The summed E-state index contributed by atoms with van der Waals surface area (Å²) in [7, 11) is 2.54. The summed E-state index contributed by atoms with van der Waals surface area (Å²) in [4.78, 5) is 36.4. The second-order valence-electron chi connectivity index (χ2n) is 5.37. The van der Waals surface area contributed by atoms with Crippen molar-refractivity contribution in [1.29, 1.82) is 0 Å². The smallest absolute Gasteiger partial charge is 0.328 e. The molecule has 2 rings (SSSR count). The molecule has 1 aliphatic rings. The first-order valence-electron chi connectivity index (χ1n) is 7.25. The summed E-state index contributed by atoms with van der Waals surface area (Å²) in [6.07, 6.45) is 0.625. The Balaban J connectivity index is 2.40. The lowest BCUT2D eigenvalue weighted by atomic mass is 9.90. The predicted octanol–water partition coefficient (Wildman–Crippen LogP) is 2.29. The van der Waals surface area contributed by atoms with Gasteiger partial charge in [0.2, 0.25) is 0 Å². The molecule has 0 amide bonds. The summed E-state index contributed by atoms with van der Waals surface area (Å²) in [5.74, 6) is -1.38. The highest BCUT2D eigenvalue weighted by Crippen LogP contribution is 2.36. The van der Waals surface area contributed by atoms with Gasteiger partial charge in [0.15, 0.2) is 0 Å². The monoisotopic (exact) mass is 400 g/mol. The number of hydrogen-bond acceptors (Lipinski definition) is 7. The van der Waals surface area contributed by atoms with Gasteiger partial charge < -0.3 is 14.4 Å². The molecule has 1 saturated heterocycles. The van der Waals surface area contributed by atoms with Crippen LogP contribution in [0.25, 0.3) is 0 Å². The van der Waals surface area contributed by atoms with Crippen molar-refractivity contribution < 1.29 is 24.0 Å². The molecule has 1 heterocycles.